The minimum Gasteiger partial charge on any atom is -0.508 e. The van der Waals surface area contributed by atoms with Gasteiger partial charge in [-0.1, -0.05) is 12.1 Å². The first kappa shape index (κ1) is 16.1. The van der Waals surface area contributed by atoms with Crippen molar-refractivity contribution in [3.05, 3.63) is 54.0 Å². The Morgan fingerprint density at radius 1 is 1.29 bits per heavy atom. The smallest absolute Gasteiger partial charge is 0.255 e. The first-order valence-electron chi connectivity index (χ1n) is 7.98. The van der Waals surface area contributed by atoms with Gasteiger partial charge in [-0.2, -0.15) is 0 Å². The number of nitrogens with one attached hydrogen (secondary N) is 1. The van der Waals surface area contributed by atoms with Gasteiger partial charge in [0.2, 0.25) is 5.91 Å². The van der Waals surface area contributed by atoms with Crippen LogP contribution in [0, 0.1) is 0 Å². The highest BCUT2D eigenvalue weighted by molar-refractivity contribution is 5.97. The number of nitrogens with zero attached hydrogens (tertiary/aromatic N) is 1. The van der Waals surface area contributed by atoms with Crippen molar-refractivity contribution in [1.29, 1.82) is 0 Å². The summed E-state index contributed by atoms with van der Waals surface area (Å²) in [5, 5.41) is 12.1. The van der Waals surface area contributed by atoms with Crippen molar-refractivity contribution in [3.8, 4) is 5.75 Å². The molecule has 2 atom stereocenters. The van der Waals surface area contributed by atoms with Crippen LogP contribution in [0.15, 0.2) is 47.3 Å². The van der Waals surface area contributed by atoms with Crippen LogP contribution in [0.2, 0.25) is 0 Å². The van der Waals surface area contributed by atoms with E-state index < -0.39 is 6.04 Å². The summed E-state index contributed by atoms with van der Waals surface area (Å²) in [5.74, 6) is -0.234. The first-order chi connectivity index (χ1) is 11.6. The molecule has 0 saturated carbocycles. The van der Waals surface area contributed by atoms with Gasteiger partial charge in [-0.25, -0.2) is 0 Å². The Morgan fingerprint density at radius 3 is 2.71 bits per heavy atom. The number of carbonyl (C=O) groups is 2. The highest BCUT2D eigenvalue weighted by Gasteiger charge is 2.33. The zero-order chi connectivity index (χ0) is 17.1. The van der Waals surface area contributed by atoms with E-state index in [2.05, 4.69) is 5.32 Å². The van der Waals surface area contributed by atoms with E-state index in [4.69, 9.17) is 4.42 Å². The van der Waals surface area contributed by atoms with Crippen molar-refractivity contribution in [2.24, 2.45) is 0 Å². The topological polar surface area (TPSA) is 82.8 Å². The standard InChI is InChI=1S/C18H20N2O4/c1-12(19-17(22)14-8-10-24-11-14)18(23)20-9-2-3-16(20)13-4-6-15(21)7-5-13/h4-8,10-12,16,21H,2-3,9H2,1H3,(H,19,22)/t12-,16-/m1/s1. The van der Waals surface area contributed by atoms with Crippen molar-refractivity contribution in [2.45, 2.75) is 31.8 Å². The lowest BCUT2D eigenvalue weighted by molar-refractivity contribution is -0.133. The maximum atomic E-state index is 12.7. The summed E-state index contributed by atoms with van der Waals surface area (Å²) >= 11 is 0. The normalized spacial score (nSPS) is 18.4. The summed E-state index contributed by atoms with van der Waals surface area (Å²) in [5.41, 5.74) is 1.39. The summed E-state index contributed by atoms with van der Waals surface area (Å²) in [7, 11) is 0. The van der Waals surface area contributed by atoms with Crippen LogP contribution in [-0.4, -0.2) is 34.4 Å². The number of rotatable bonds is 4. The third-order valence-electron chi connectivity index (χ3n) is 4.32. The molecular formula is C18H20N2O4. The zero-order valence-electron chi connectivity index (χ0n) is 13.4. The first-order valence-corrected chi connectivity index (χ1v) is 7.98. The van der Waals surface area contributed by atoms with Gasteiger partial charge in [0.25, 0.3) is 5.91 Å². The van der Waals surface area contributed by atoms with Crippen LogP contribution >= 0.6 is 0 Å². The summed E-state index contributed by atoms with van der Waals surface area (Å²) < 4.78 is 4.89. The van der Waals surface area contributed by atoms with Crippen molar-refractivity contribution in [3.63, 3.8) is 0 Å². The predicted molar refractivity (Wildman–Crippen MR) is 87.4 cm³/mol. The van der Waals surface area contributed by atoms with Crippen LogP contribution in [0.5, 0.6) is 5.75 Å². The maximum absolute atomic E-state index is 12.7. The lowest BCUT2D eigenvalue weighted by atomic mass is 10.0. The second-order valence-electron chi connectivity index (χ2n) is 5.99. The van der Waals surface area contributed by atoms with Crippen LogP contribution in [0.25, 0.3) is 0 Å². The Balaban J connectivity index is 1.68. The summed E-state index contributed by atoms with van der Waals surface area (Å²) in [6, 6.07) is 7.83. The fourth-order valence-electron chi connectivity index (χ4n) is 3.06. The molecule has 1 aliphatic heterocycles. The molecule has 2 N–H and O–H groups in total. The van der Waals surface area contributed by atoms with Crippen LogP contribution in [0.3, 0.4) is 0 Å². The van der Waals surface area contributed by atoms with Gasteiger partial charge in [-0.05, 0) is 43.5 Å². The van der Waals surface area contributed by atoms with E-state index in [9.17, 15) is 14.7 Å². The van der Waals surface area contributed by atoms with Gasteiger partial charge < -0.3 is 19.7 Å². The minimum absolute atomic E-state index is 0.0219. The van der Waals surface area contributed by atoms with Gasteiger partial charge in [0.05, 0.1) is 17.9 Å². The molecule has 126 valence electrons. The molecular weight excluding hydrogens is 308 g/mol. The van der Waals surface area contributed by atoms with Gasteiger partial charge >= 0.3 is 0 Å². The molecule has 6 heteroatoms. The number of phenols is 1. The monoisotopic (exact) mass is 328 g/mol. The molecule has 0 bridgehead atoms. The van der Waals surface area contributed by atoms with E-state index in [1.165, 1.54) is 12.5 Å². The molecule has 1 aromatic heterocycles. The fraction of sp³-hybridized carbons (Fsp3) is 0.333. The fourth-order valence-corrected chi connectivity index (χ4v) is 3.06. The molecule has 0 radical (unpaired) electrons. The lowest BCUT2D eigenvalue weighted by Crippen LogP contribution is -2.46. The van der Waals surface area contributed by atoms with Crippen molar-refractivity contribution in [1.82, 2.24) is 10.2 Å². The maximum Gasteiger partial charge on any atom is 0.255 e. The Hall–Kier alpha value is -2.76. The molecule has 2 amide bonds. The molecule has 6 nitrogen and oxygen atoms in total. The number of benzene rings is 1. The van der Waals surface area contributed by atoms with Crippen LogP contribution in [0.1, 0.15) is 41.7 Å². The molecule has 0 unspecified atom stereocenters. The van der Waals surface area contributed by atoms with Crippen molar-refractivity contribution >= 4 is 11.8 Å². The van der Waals surface area contributed by atoms with E-state index in [0.29, 0.717) is 12.1 Å². The summed E-state index contributed by atoms with van der Waals surface area (Å²) in [6.07, 6.45) is 4.56. The molecule has 1 fully saturated rings. The van der Waals surface area contributed by atoms with E-state index in [0.717, 1.165) is 18.4 Å². The van der Waals surface area contributed by atoms with Crippen molar-refractivity contribution in [2.75, 3.05) is 6.54 Å². The molecule has 2 aromatic rings. The van der Waals surface area contributed by atoms with Gasteiger partial charge in [0.1, 0.15) is 18.1 Å². The quantitative estimate of drug-likeness (QED) is 0.903. The number of furan rings is 1. The molecule has 3 rings (SSSR count). The number of phenolic OH excluding ortho intramolecular Hbond substituents is 1. The Morgan fingerprint density at radius 2 is 2.04 bits per heavy atom. The molecule has 1 aliphatic rings. The van der Waals surface area contributed by atoms with E-state index in [1.54, 1.807) is 30.0 Å². The van der Waals surface area contributed by atoms with Crippen molar-refractivity contribution < 1.29 is 19.1 Å². The Kier molecular flexibility index (Phi) is 4.55. The number of carbonyl (C=O) groups excluding carboxylic acids is 2. The number of hydrogen-bond donors (Lipinski definition) is 2. The molecule has 1 saturated heterocycles. The summed E-state index contributed by atoms with van der Waals surface area (Å²) in [4.78, 5) is 26.6. The van der Waals surface area contributed by atoms with Gasteiger partial charge in [-0.3, -0.25) is 9.59 Å². The van der Waals surface area contributed by atoms with Gasteiger partial charge in [-0.15, -0.1) is 0 Å². The highest BCUT2D eigenvalue weighted by Crippen LogP contribution is 2.33. The van der Waals surface area contributed by atoms with E-state index >= 15 is 0 Å². The molecule has 0 aliphatic carbocycles. The lowest BCUT2D eigenvalue weighted by Gasteiger charge is -2.28. The molecule has 1 aromatic carbocycles. The second kappa shape index (κ2) is 6.78. The van der Waals surface area contributed by atoms with Crippen LogP contribution in [0.4, 0.5) is 0 Å². The predicted octanol–water partition coefficient (Wildman–Crippen LogP) is 2.47. The average Bonchev–Trinajstić information content (AvgIpc) is 3.26. The number of hydrogen-bond acceptors (Lipinski definition) is 4. The van der Waals surface area contributed by atoms with E-state index in [1.807, 2.05) is 12.1 Å². The molecule has 2 heterocycles. The molecule has 0 spiro atoms. The third kappa shape index (κ3) is 3.27. The Labute approximate surface area is 140 Å². The van der Waals surface area contributed by atoms with Crippen LogP contribution in [-0.2, 0) is 4.79 Å². The zero-order valence-corrected chi connectivity index (χ0v) is 13.4. The Bertz CT molecular complexity index is 709. The van der Waals surface area contributed by atoms with Crippen LogP contribution < -0.4 is 5.32 Å². The summed E-state index contributed by atoms with van der Waals surface area (Å²) in [6.45, 7) is 2.35. The number of aromatic hydroxyl groups is 1. The molecule has 24 heavy (non-hydrogen) atoms. The minimum atomic E-state index is -0.620. The van der Waals surface area contributed by atoms with Gasteiger partial charge in [0.15, 0.2) is 0 Å². The largest absolute Gasteiger partial charge is 0.508 e. The highest BCUT2D eigenvalue weighted by atomic mass is 16.3. The SMILES string of the molecule is C[C@@H](NC(=O)c1ccoc1)C(=O)N1CCC[C@@H]1c1ccc(O)cc1. The number of amides is 2. The average molecular weight is 328 g/mol. The second-order valence-corrected chi connectivity index (χ2v) is 5.99. The van der Waals surface area contributed by atoms with Gasteiger partial charge in [0, 0.05) is 6.54 Å². The van der Waals surface area contributed by atoms with E-state index in [-0.39, 0.29) is 23.6 Å². The third-order valence-corrected chi connectivity index (χ3v) is 4.32. The number of likely N-dealkylation sites (tertiary alicyclic amines) is 1.